The minimum Gasteiger partial charge on any atom is -0.338 e. The Morgan fingerprint density at radius 2 is 1.78 bits per heavy atom. The Bertz CT molecular complexity index is 646. The van der Waals surface area contributed by atoms with Crippen LogP contribution in [0.5, 0.6) is 0 Å². The van der Waals surface area contributed by atoms with Gasteiger partial charge in [-0.15, -0.1) is 0 Å². The molecule has 23 heavy (non-hydrogen) atoms. The third-order valence-electron chi connectivity index (χ3n) is 4.96. The number of benzene rings is 1. The smallest absolute Gasteiger partial charge is 0.317 e. The van der Waals surface area contributed by atoms with Crippen LogP contribution in [-0.2, 0) is 9.84 Å². The first kappa shape index (κ1) is 16.3. The lowest BCUT2D eigenvalue weighted by Gasteiger charge is -2.38. The van der Waals surface area contributed by atoms with Crippen molar-refractivity contribution < 1.29 is 13.2 Å². The first-order valence-electron chi connectivity index (χ1n) is 8.39. The van der Waals surface area contributed by atoms with E-state index in [4.69, 9.17) is 0 Å². The number of sulfone groups is 1. The summed E-state index contributed by atoms with van der Waals surface area (Å²) in [5, 5.41) is 2.55. The molecule has 2 unspecified atom stereocenters. The predicted octanol–water partition coefficient (Wildman–Crippen LogP) is 2.58. The van der Waals surface area contributed by atoms with Crippen LogP contribution in [0, 0.1) is 0 Å². The fourth-order valence-electron chi connectivity index (χ4n) is 3.84. The predicted molar refractivity (Wildman–Crippen MR) is 89.0 cm³/mol. The number of carbonyl (C=O) groups is 1. The Morgan fingerprint density at radius 3 is 2.35 bits per heavy atom. The van der Waals surface area contributed by atoms with E-state index in [1.165, 1.54) is 0 Å². The minimum atomic E-state index is -3.31. The van der Waals surface area contributed by atoms with Crippen LogP contribution >= 0.6 is 0 Å². The molecular formula is C17H24N2O3S. The number of hydrogen-bond acceptors (Lipinski definition) is 3. The van der Waals surface area contributed by atoms with E-state index in [0.717, 1.165) is 19.3 Å². The van der Waals surface area contributed by atoms with Crippen LogP contribution < -0.4 is 5.32 Å². The second kappa shape index (κ2) is 6.51. The number of fused-ring (bicyclic) bond motifs is 2. The van der Waals surface area contributed by atoms with Crippen molar-refractivity contribution in [1.82, 2.24) is 10.2 Å². The molecule has 2 bridgehead atoms. The molecule has 2 atom stereocenters. The molecule has 0 saturated carbocycles. The Labute approximate surface area is 138 Å². The molecule has 3 rings (SSSR count). The van der Waals surface area contributed by atoms with Gasteiger partial charge < -0.3 is 10.2 Å². The summed E-state index contributed by atoms with van der Waals surface area (Å²) in [6.45, 7) is 2.69. The fourth-order valence-corrected chi connectivity index (χ4v) is 5.71. The van der Waals surface area contributed by atoms with E-state index in [1.54, 1.807) is 24.3 Å². The standard InChI is InChI=1S/C17H24N2O3S/c1-2-10-18-17(20)19-13-8-9-14(19)12-16(11-13)23(21,22)15-6-4-3-5-7-15/h3-7,13-14,16H,2,8-12H2,1H3,(H,18,20). The van der Waals surface area contributed by atoms with Crippen molar-refractivity contribution in [3.05, 3.63) is 30.3 Å². The van der Waals surface area contributed by atoms with Crippen molar-refractivity contribution >= 4 is 15.9 Å². The number of nitrogens with zero attached hydrogens (tertiary/aromatic N) is 1. The van der Waals surface area contributed by atoms with Crippen LogP contribution in [0.4, 0.5) is 4.79 Å². The molecule has 1 aromatic carbocycles. The highest BCUT2D eigenvalue weighted by Gasteiger charge is 2.47. The van der Waals surface area contributed by atoms with Gasteiger partial charge in [0.2, 0.25) is 0 Å². The van der Waals surface area contributed by atoms with Gasteiger partial charge in [0.1, 0.15) is 0 Å². The van der Waals surface area contributed by atoms with Gasteiger partial charge in [0, 0.05) is 18.6 Å². The van der Waals surface area contributed by atoms with Crippen molar-refractivity contribution in [2.75, 3.05) is 6.54 Å². The summed E-state index contributed by atoms with van der Waals surface area (Å²) in [6.07, 6.45) is 3.82. The van der Waals surface area contributed by atoms with Gasteiger partial charge in [-0.05, 0) is 44.2 Å². The zero-order valence-corrected chi connectivity index (χ0v) is 14.3. The molecule has 2 aliphatic rings. The van der Waals surface area contributed by atoms with Crippen molar-refractivity contribution in [1.29, 1.82) is 0 Å². The first-order valence-corrected chi connectivity index (χ1v) is 9.93. The molecule has 2 fully saturated rings. The zero-order chi connectivity index (χ0) is 16.4. The number of amides is 2. The summed E-state index contributed by atoms with van der Waals surface area (Å²) in [6, 6.07) is 8.74. The highest BCUT2D eigenvalue weighted by atomic mass is 32.2. The number of rotatable bonds is 4. The molecule has 5 nitrogen and oxygen atoms in total. The van der Waals surface area contributed by atoms with E-state index in [-0.39, 0.29) is 23.4 Å². The van der Waals surface area contributed by atoms with Crippen LogP contribution in [0.2, 0.25) is 0 Å². The minimum absolute atomic E-state index is 0.0325. The Balaban J connectivity index is 1.75. The van der Waals surface area contributed by atoms with Crippen molar-refractivity contribution in [3.63, 3.8) is 0 Å². The summed E-state index contributed by atoms with van der Waals surface area (Å²) in [5.41, 5.74) is 0. The number of urea groups is 1. The molecule has 126 valence electrons. The highest BCUT2D eigenvalue weighted by molar-refractivity contribution is 7.92. The molecular weight excluding hydrogens is 312 g/mol. The summed E-state index contributed by atoms with van der Waals surface area (Å²) in [4.78, 5) is 14.6. The van der Waals surface area contributed by atoms with Crippen molar-refractivity contribution in [2.45, 2.75) is 61.3 Å². The second-order valence-electron chi connectivity index (χ2n) is 6.48. The van der Waals surface area contributed by atoms with Crippen LogP contribution in [0.15, 0.2) is 35.2 Å². The summed E-state index contributed by atoms with van der Waals surface area (Å²) >= 11 is 0. The maximum absolute atomic E-state index is 12.8. The molecule has 2 amide bonds. The van der Waals surface area contributed by atoms with Crippen LogP contribution in [0.25, 0.3) is 0 Å². The molecule has 0 spiro atoms. The maximum atomic E-state index is 12.8. The van der Waals surface area contributed by atoms with E-state index >= 15 is 0 Å². The van der Waals surface area contributed by atoms with Gasteiger partial charge in [0.25, 0.3) is 0 Å². The third kappa shape index (κ3) is 3.09. The monoisotopic (exact) mass is 336 g/mol. The molecule has 2 aliphatic heterocycles. The normalized spacial score (nSPS) is 27.0. The lowest BCUT2D eigenvalue weighted by atomic mass is 10.0. The van der Waals surface area contributed by atoms with Gasteiger partial charge in [-0.1, -0.05) is 25.1 Å². The molecule has 0 aliphatic carbocycles. The third-order valence-corrected chi connectivity index (χ3v) is 7.15. The van der Waals surface area contributed by atoms with Gasteiger partial charge in [-0.2, -0.15) is 0 Å². The zero-order valence-electron chi connectivity index (χ0n) is 13.4. The molecule has 0 aromatic heterocycles. The lowest BCUT2D eigenvalue weighted by molar-refractivity contribution is 0.148. The van der Waals surface area contributed by atoms with Gasteiger partial charge >= 0.3 is 6.03 Å². The largest absolute Gasteiger partial charge is 0.338 e. The Hall–Kier alpha value is -1.56. The molecule has 1 N–H and O–H groups in total. The molecule has 0 radical (unpaired) electrons. The van der Waals surface area contributed by atoms with E-state index in [2.05, 4.69) is 5.32 Å². The Kier molecular flexibility index (Phi) is 4.62. The average Bonchev–Trinajstić information content (AvgIpc) is 2.83. The van der Waals surface area contributed by atoms with Crippen LogP contribution in [0.1, 0.15) is 39.0 Å². The number of hydrogen-bond donors (Lipinski definition) is 1. The topological polar surface area (TPSA) is 66.5 Å². The highest BCUT2D eigenvalue weighted by Crippen LogP contribution is 2.39. The lowest BCUT2D eigenvalue weighted by Crippen LogP contribution is -2.53. The SMILES string of the molecule is CCCNC(=O)N1C2CCC1CC(S(=O)(=O)c1ccccc1)C2. The van der Waals surface area contributed by atoms with Crippen LogP contribution in [-0.4, -0.2) is 43.2 Å². The van der Waals surface area contributed by atoms with Gasteiger partial charge in [0.05, 0.1) is 10.1 Å². The number of carbonyl (C=O) groups excluding carboxylic acids is 1. The summed E-state index contributed by atoms with van der Waals surface area (Å²) in [7, 11) is -3.31. The van der Waals surface area contributed by atoms with Crippen molar-refractivity contribution in [2.24, 2.45) is 0 Å². The molecule has 2 heterocycles. The Morgan fingerprint density at radius 1 is 1.17 bits per heavy atom. The quantitative estimate of drug-likeness (QED) is 0.919. The average molecular weight is 336 g/mol. The fraction of sp³-hybridized carbons (Fsp3) is 0.588. The van der Waals surface area contributed by atoms with Gasteiger partial charge in [-0.3, -0.25) is 0 Å². The number of nitrogens with one attached hydrogen (secondary N) is 1. The maximum Gasteiger partial charge on any atom is 0.317 e. The summed E-state index contributed by atoms with van der Waals surface area (Å²) in [5.74, 6) is 0. The van der Waals surface area contributed by atoms with E-state index in [0.29, 0.717) is 24.3 Å². The first-order chi connectivity index (χ1) is 11.0. The van der Waals surface area contributed by atoms with Gasteiger partial charge in [-0.25, -0.2) is 13.2 Å². The van der Waals surface area contributed by atoms with E-state index in [1.807, 2.05) is 17.9 Å². The van der Waals surface area contributed by atoms with E-state index < -0.39 is 9.84 Å². The van der Waals surface area contributed by atoms with Crippen LogP contribution in [0.3, 0.4) is 0 Å². The van der Waals surface area contributed by atoms with Gasteiger partial charge in [0.15, 0.2) is 9.84 Å². The molecule has 1 aromatic rings. The second-order valence-corrected chi connectivity index (χ2v) is 8.70. The molecule has 2 saturated heterocycles. The van der Waals surface area contributed by atoms with E-state index in [9.17, 15) is 13.2 Å². The molecule has 6 heteroatoms. The number of piperidine rings is 1. The van der Waals surface area contributed by atoms with Crippen molar-refractivity contribution in [3.8, 4) is 0 Å². The summed E-state index contributed by atoms with van der Waals surface area (Å²) < 4.78 is 25.7.